The first-order valence-corrected chi connectivity index (χ1v) is 16.0. The molecule has 0 aromatic carbocycles. The lowest BCUT2D eigenvalue weighted by atomic mass is 9.85. The number of hydrogen-bond donors (Lipinski definition) is 2. The Morgan fingerprint density at radius 1 is 0.475 bits per heavy atom. The first-order valence-electron chi connectivity index (χ1n) is 16.0. The normalized spacial score (nSPS) is 17.2. The summed E-state index contributed by atoms with van der Waals surface area (Å²) in [5.41, 5.74) is 17.9. The van der Waals surface area contributed by atoms with Crippen molar-refractivity contribution >= 4 is 33.2 Å². The molecular weight excluding hydrogens is 488 g/mol. The van der Waals surface area contributed by atoms with E-state index in [2.05, 4.69) is 89.6 Å². The summed E-state index contributed by atoms with van der Waals surface area (Å²) >= 11 is 0. The Labute approximate surface area is 240 Å². The molecule has 4 heteroatoms. The molecule has 5 heterocycles. The van der Waals surface area contributed by atoms with Crippen molar-refractivity contribution in [1.82, 2.24) is 19.9 Å². The Hall–Kier alpha value is -3.14. The van der Waals surface area contributed by atoms with Crippen LogP contribution in [0.25, 0.3) is 33.2 Å². The number of hydrogen-bond acceptors (Lipinski definition) is 2. The van der Waals surface area contributed by atoms with Crippen molar-refractivity contribution in [2.24, 2.45) is 0 Å². The fourth-order valence-electron chi connectivity index (χ4n) is 7.51. The summed E-state index contributed by atoms with van der Waals surface area (Å²) in [6.07, 6.45) is 8.15. The molecule has 3 aromatic rings. The summed E-state index contributed by atoms with van der Waals surface area (Å²) in [4.78, 5) is 18.4. The smallest absolute Gasteiger partial charge is 0.0693 e. The summed E-state index contributed by atoms with van der Waals surface area (Å²) in [6.45, 7) is 18.3. The highest BCUT2D eigenvalue weighted by molar-refractivity contribution is 5.93. The molecule has 212 valence electrons. The standard InChI is InChI=1S/C36H48N4/c1-9-21-22(10-2)30-18-32-25(13-5)26(14-6)34(39-32)20-36-28(16-8)27(15-7)35(40-36)19-33-24(12-4)23(11-3)31(38-33)17-29(21)37-30/h17-22,38-39H,9-16H2,1-8H3. The summed E-state index contributed by atoms with van der Waals surface area (Å²) < 4.78 is 0. The van der Waals surface area contributed by atoms with Crippen LogP contribution in [0.5, 0.6) is 0 Å². The molecule has 3 aromatic heterocycles. The van der Waals surface area contributed by atoms with Crippen molar-refractivity contribution in [1.29, 1.82) is 0 Å². The van der Waals surface area contributed by atoms with Crippen molar-refractivity contribution in [3.05, 3.63) is 69.3 Å². The van der Waals surface area contributed by atoms with Gasteiger partial charge < -0.3 is 9.97 Å². The zero-order chi connectivity index (χ0) is 28.6. The van der Waals surface area contributed by atoms with Crippen LogP contribution in [0.2, 0.25) is 0 Å². The Morgan fingerprint density at radius 2 is 0.825 bits per heavy atom. The lowest BCUT2D eigenvalue weighted by molar-refractivity contribution is 0.533. The van der Waals surface area contributed by atoms with Gasteiger partial charge in [0, 0.05) is 45.3 Å². The van der Waals surface area contributed by atoms with E-state index in [1.807, 2.05) is 0 Å². The number of fused-ring (bicyclic) bond motifs is 8. The van der Waals surface area contributed by atoms with E-state index >= 15 is 0 Å². The lowest BCUT2D eigenvalue weighted by Crippen LogP contribution is -2.03. The number of nitrogens with zero attached hydrogens (tertiary/aromatic N) is 2. The number of allylic oxidation sites excluding steroid dienone is 2. The zero-order valence-corrected chi connectivity index (χ0v) is 26.0. The third-order valence-electron chi connectivity index (χ3n) is 9.44. The molecule has 0 saturated heterocycles. The number of aryl methyl sites for hydroxylation is 4. The molecule has 0 aliphatic carbocycles. The van der Waals surface area contributed by atoms with Gasteiger partial charge in [-0.05, 0) is 109 Å². The molecule has 4 nitrogen and oxygen atoms in total. The molecule has 0 saturated carbocycles. The molecule has 2 unspecified atom stereocenters. The third kappa shape index (κ3) is 4.63. The Balaban J connectivity index is 2.00. The van der Waals surface area contributed by atoms with Crippen LogP contribution in [-0.2, 0) is 25.7 Å². The highest BCUT2D eigenvalue weighted by atomic mass is 14.8. The second kappa shape index (κ2) is 11.8. The van der Waals surface area contributed by atoms with Crippen molar-refractivity contribution in [2.75, 3.05) is 0 Å². The molecule has 2 aliphatic rings. The van der Waals surface area contributed by atoms with E-state index in [-0.39, 0.29) is 0 Å². The molecular formula is C36H48N4. The van der Waals surface area contributed by atoms with Gasteiger partial charge in [-0.25, -0.2) is 4.98 Å². The van der Waals surface area contributed by atoms with Crippen LogP contribution >= 0.6 is 0 Å². The van der Waals surface area contributed by atoms with E-state index in [0.717, 1.165) is 62.8 Å². The predicted octanol–water partition coefficient (Wildman–Crippen LogP) is 9.98. The quantitative estimate of drug-likeness (QED) is 0.301. The SMILES string of the molecule is CCC1=C(CC)c2cc3[nH]c(cc4nc(cc5[nH]c(cc1n2)c(CC)c5CC)C(CC)C4CC)c(CC)c3CC. The maximum absolute atomic E-state index is 5.37. The fourth-order valence-corrected chi connectivity index (χ4v) is 7.51. The van der Waals surface area contributed by atoms with E-state index in [1.54, 1.807) is 0 Å². The van der Waals surface area contributed by atoms with Crippen LogP contribution in [0.3, 0.4) is 0 Å². The van der Waals surface area contributed by atoms with Crippen molar-refractivity contribution < 1.29 is 0 Å². The van der Waals surface area contributed by atoms with Crippen molar-refractivity contribution in [3.63, 3.8) is 0 Å². The van der Waals surface area contributed by atoms with Gasteiger partial charge in [0.2, 0.25) is 0 Å². The molecule has 0 radical (unpaired) electrons. The maximum atomic E-state index is 5.37. The molecule has 8 bridgehead atoms. The summed E-state index contributed by atoms with van der Waals surface area (Å²) in [5, 5.41) is 0. The lowest BCUT2D eigenvalue weighted by Gasteiger charge is -2.16. The number of aromatic amines is 2. The fraction of sp³-hybridized carbons (Fsp3) is 0.500. The topological polar surface area (TPSA) is 57.4 Å². The zero-order valence-electron chi connectivity index (χ0n) is 26.0. The molecule has 0 fully saturated rings. The van der Waals surface area contributed by atoms with Crippen LogP contribution in [0.15, 0.2) is 24.3 Å². The molecule has 2 N–H and O–H groups in total. The summed E-state index contributed by atoms with van der Waals surface area (Å²) in [7, 11) is 0. The highest BCUT2D eigenvalue weighted by Gasteiger charge is 2.30. The van der Waals surface area contributed by atoms with Gasteiger partial charge in [-0.1, -0.05) is 55.4 Å². The van der Waals surface area contributed by atoms with Gasteiger partial charge in [-0.3, -0.25) is 4.98 Å². The largest absolute Gasteiger partial charge is 0.355 e. The van der Waals surface area contributed by atoms with Crippen molar-refractivity contribution in [2.45, 2.75) is 119 Å². The van der Waals surface area contributed by atoms with Gasteiger partial charge in [-0.15, -0.1) is 0 Å². The van der Waals surface area contributed by atoms with Gasteiger partial charge in [-0.2, -0.15) is 0 Å². The molecule has 0 spiro atoms. The monoisotopic (exact) mass is 536 g/mol. The van der Waals surface area contributed by atoms with Crippen molar-refractivity contribution in [3.8, 4) is 0 Å². The van der Waals surface area contributed by atoms with Crippen LogP contribution in [0.4, 0.5) is 0 Å². The average Bonchev–Trinajstić information content (AvgIpc) is 3.67. The van der Waals surface area contributed by atoms with E-state index in [1.165, 1.54) is 66.9 Å². The molecule has 2 aliphatic heterocycles. The van der Waals surface area contributed by atoms with E-state index in [9.17, 15) is 0 Å². The van der Waals surface area contributed by atoms with E-state index in [4.69, 9.17) is 9.97 Å². The van der Waals surface area contributed by atoms with Crippen LogP contribution < -0.4 is 0 Å². The minimum absolute atomic E-state index is 0.437. The number of H-pyrrole nitrogens is 2. The first kappa shape index (κ1) is 28.4. The second-order valence-electron chi connectivity index (χ2n) is 11.3. The molecule has 5 rings (SSSR count). The highest BCUT2D eigenvalue weighted by Crippen LogP contribution is 2.42. The molecule has 0 amide bonds. The Morgan fingerprint density at radius 3 is 1.12 bits per heavy atom. The second-order valence-corrected chi connectivity index (χ2v) is 11.3. The van der Waals surface area contributed by atoms with E-state index in [0.29, 0.717) is 11.8 Å². The number of rotatable bonds is 8. The summed E-state index contributed by atoms with van der Waals surface area (Å²) in [6, 6.07) is 9.38. The van der Waals surface area contributed by atoms with Gasteiger partial charge in [0.05, 0.1) is 11.4 Å². The van der Waals surface area contributed by atoms with Gasteiger partial charge in [0.25, 0.3) is 0 Å². The number of nitrogens with one attached hydrogen (secondary N) is 2. The van der Waals surface area contributed by atoms with Gasteiger partial charge in [0.1, 0.15) is 0 Å². The Kier molecular flexibility index (Phi) is 8.35. The molecule has 2 atom stereocenters. The first-order chi connectivity index (χ1) is 19.5. The molecule has 40 heavy (non-hydrogen) atoms. The van der Waals surface area contributed by atoms with Gasteiger partial charge >= 0.3 is 0 Å². The Bertz CT molecular complexity index is 1480. The van der Waals surface area contributed by atoms with E-state index < -0.39 is 0 Å². The van der Waals surface area contributed by atoms with Crippen LogP contribution in [0.1, 0.15) is 138 Å². The predicted molar refractivity (Wildman–Crippen MR) is 172 cm³/mol. The minimum atomic E-state index is 0.437. The summed E-state index contributed by atoms with van der Waals surface area (Å²) in [5.74, 6) is 0.874. The third-order valence-corrected chi connectivity index (χ3v) is 9.44. The average molecular weight is 537 g/mol. The minimum Gasteiger partial charge on any atom is -0.355 e. The van der Waals surface area contributed by atoms with Crippen LogP contribution in [0, 0.1) is 0 Å². The number of aromatic nitrogens is 4. The maximum Gasteiger partial charge on any atom is 0.0693 e. The van der Waals surface area contributed by atoms with Gasteiger partial charge in [0.15, 0.2) is 0 Å². The van der Waals surface area contributed by atoms with Crippen LogP contribution in [-0.4, -0.2) is 19.9 Å².